The predicted molar refractivity (Wildman–Crippen MR) is 73.5 cm³/mol. The molecule has 2 aromatic carbocycles. The number of aliphatic hydroxyl groups excluding tert-OH is 1. The molecule has 0 bridgehead atoms. The minimum absolute atomic E-state index is 0.00299. The van der Waals surface area contributed by atoms with E-state index in [9.17, 15) is 13.9 Å². The van der Waals surface area contributed by atoms with Crippen molar-refractivity contribution in [2.75, 3.05) is 0 Å². The molecular weight excluding hydrogens is 258 g/mol. The van der Waals surface area contributed by atoms with Crippen molar-refractivity contribution in [3.8, 4) is 0 Å². The van der Waals surface area contributed by atoms with E-state index < -0.39 is 17.7 Å². The van der Waals surface area contributed by atoms with Gasteiger partial charge in [-0.3, -0.25) is 0 Å². The molecule has 1 saturated carbocycles. The fourth-order valence-corrected chi connectivity index (χ4v) is 2.75. The lowest BCUT2D eigenvalue weighted by atomic mass is 9.77. The number of aliphatic hydroxyl groups is 1. The van der Waals surface area contributed by atoms with Gasteiger partial charge in [-0.2, -0.15) is 0 Å². The molecule has 1 N–H and O–H groups in total. The summed E-state index contributed by atoms with van der Waals surface area (Å²) in [7, 11) is 0. The van der Waals surface area contributed by atoms with Crippen LogP contribution in [0.4, 0.5) is 8.78 Å². The van der Waals surface area contributed by atoms with Crippen molar-refractivity contribution in [2.45, 2.75) is 31.3 Å². The number of hydrogen-bond donors (Lipinski definition) is 1. The van der Waals surface area contributed by atoms with Gasteiger partial charge in [-0.1, -0.05) is 42.8 Å². The first-order chi connectivity index (χ1) is 9.68. The molecule has 20 heavy (non-hydrogen) atoms. The zero-order valence-electron chi connectivity index (χ0n) is 11.0. The third-order valence-corrected chi connectivity index (χ3v) is 4.11. The van der Waals surface area contributed by atoms with Gasteiger partial charge in [-0.05, 0) is 36.0 Å². The average Bonchev–Trinajstić information content (AvgIpc) is 2.40. The average molecular weight is 274 g/mol. The Hall–Kier alpha value is -1.74. The van der Waals surface area contributed by atoms with E-state index in [2.05, 4.69) is 0 Å². The molecule has 3 heteroatoms. The second-order valence-corrected chi connectivity index (χ2v) is 5.30. The molecule has 0 spiro atoms. The van der Waals surface area contributed by atoms with Gasteiger partial charge in [-0.25, -0.2) is 8.78 Å². The van der Waals surface area contributed by atoms with E-state index >= 15 is 0 Å². The highest BCUT2D eigenvalue weighted by atomic mass is 19.2. The standard InChI is InChI=1S/C17H16F2O/c18-15-10-4-9-14(16(15)19)17(20)13-8-2-1-7-12(13)11-5-3-6-11/h1-2,4,7-11,17,20H,3,5-6H2. The summed E-state index contributed by atoms with van der Waals surface area (Å²) in [5, 5.41) is 10.4. The van der Waals surface area contributed by atoms with E-state index in [-0.39, 0.29) is 5.56 Å². The third-order valence-electron chi connectivity index (χ3n) is 4.11. The van der Waals surface area contributed by atoms with Gasteiger partial charge in [0.1, 0.15) is 6.10 Å². The number of rotatable bonds is 3. The van der Waals surface area contributed by atoms with Crippen molar-refractivity contribution in [1.29, 1.82) is 0 Å². The number of hydrogen-bond acceptors (Lipinski definition) is 1. The lowest BCUT2D eigenvalue weighted by molar-refractivity contribution is 0.210. The maximum Gasteiger partial charge on any atom is 0.164 e. The Kier molecular flexibility index (Phi) is 3.53. The highest BCUT2D eigenvalue weighted by Crippen LogP contribution is 2.40. The van der Waals surface area contributed by atoms with Crippen LogP contribution in [0.2, 0.25) is 0 Å². The van der Waals surface area contributed by atoms with Gasteiger partial charge in [0.15, 0.2) is 11.6 Å². The maximum absolute atomic E-state index is 13.8. The Morgan fingerprint density at radius 2 is 1.65 bits per heavy atom. The molecule has 1 nitrogen and oxygen atoms in total. The van der Waals surface area contributed by atoms with Crippen LogP contribution in [0.3, 0.4) is 0 Å². The highest BCUT2D eigenvalue weighted by molar-refractivity contribution is 5.39. The SMILES string of the molecule is OC(c1ccccc1C1CCC1)c1cccc(F)c1F. The summed E-state index contributed by atoms with van der Waals surface area (Å²) in [5.74, 6) is -1.47. The van der Waals surface area contributed by atoms with Gasteiger partial charge in [0, 0.05) is 5.56 Å². The van der Waals surface area contributed by atoms with Crippen molar-refractivity contribution in [1.82, 2.24) is 0 Å². The molecule has 1 aliphatic carbocycles. The summed E-state index contributed by atoms with van der Waals surface area (Å²) in [4.78, 5) is 0. The maximum atomic E-state index is 13.8. The zero-order chi connectivity index (χ0) is 14.1. The summed E-state index contributed by atoms with van der Waals surface area (Å²) >= 11 is 0. The summed E-state index contributed by atoms with van der Waals surface area (Å²) in [6.45, 7) is 0. The molecule has 0 aliphatic heterocycles. The van der Waals surface area contributed by atoms with Crippen LogP contribution >= 0.6 is 0 Å². The van der Waals surface area contributed by atoms with Gasteiger partial charge >= 0.3 is 0 Å². The Labute approximate surface area is 116 Å². The molecule has 104 valence electrons. The van der Waals surface area contributed by atoms with Crippen molar-refractivity contribution < 1.29 is 13.9 Å². The lowest BCUT2D eigenvalue weighted by Crippen LogP contribution is -2.14. The summed E-state index contributed by atoms with van der Waals surface area (Å²) in [5.41, 5.74) is 1.73. The van der Waals surface area contributed by atoms with Crippen LogP contribution in [-0.4, -0.2) is 5.11 Å². The van der Waals surface area contributed by atoms with Crippen LogP contribution in [0.15, 0.2) is 42.5 Å². The topological polar surface area (TPSA) is 20.2 Å². The van der Waals surface area contributed by atoms with E-state index in [1.165, 1.54) is 18.6 Å². The first-order valence-electron chi connectivity index (χ1n) is 6.89. The van der Waals surface area contributed by atoms with E-state index in [1.54, 1.807) is 6.07 Å². The minimum Gasteiger partial charge on any atom is -0.384 e. The predicted octanol–water partition coefficient (Wildman–Crippen LogP) is 4.31. The van der Waals surface area contributed by atoms with E-state index in [4.69, 9.17) is 0 Å². The molecule has 2 aromatic rings. The van der Waals surface area contributed by atoms with Crippen LogP contribution in [-0.2, 0) is 0 Å². The van der Waals surface area contributed by atoms with E-state index in [0.29, 0.717) is 11.5 Å². The van der Waals surface area contributed by atoms with Crippen molar-refractivity contribution in [3.05, 3.63) is 70.8 Å². The third kappa shape index (κ3) is 2.22. The largest absolute Gasteiger partial charge is 0.384 e. The van der Waals surface area contributed by atoms with Crippen LogP contribution < -0.4 is 0 Å². The normalized spacial score (nSPS) is 16.8. The fraction of sp³-hybridized carbons (Fsp3) is 0.294. The van der Waals surface area contributed by atoms with Crippen LogP contribution in [0, 0.1) is 11.6 Å². The smallest absolute Gasteiger partial charge is 0.164 e. The zero-order valence-corrected chi connectivity index (χ0v) is 11.0. The van der Waals surface area contributed by atoms with Gasteiger partial charge in [0.25, 0.3) is 0 Å². The second-order valence-electron chi connectivity index (χ2n) is 5.30. The van der Waals surface area contributed by atoms with Crippen molar-refractivity contribution in [3.63, 3.8) is 0 Å². The Morgan fingerprint density at radius 3 is 2.35 bits per heavy atom. The van der Waals surface area contributed by atoms with Crippen LogP contribution in [0.25, 0.3) is 0 Å². The van der Waals surface area contributed by atoms with Crippen LogP contribution in [0.1, 0.15) is 48.0 Å². The molecular formula is C17H16F2O. The Bertz CT molecular complexity index is 620. The lowest BCUT2D eigenvalue weighted by Gasteiger charge is -2.29. The van der Waals surface area contributed by atoms with E-state index in [1.807, 2.05) is 18.2 Å². The van der Waals surface area contributed by atoms with Crippen molar-refractivity contribution >= 4 is 0 Å². The molecule has 0 aromatic heterocycles. The first-order valence-corrected chi connectivity index (χ1v) is 6.89. The molecule has 0 saturated heterocycles. The number of benzene rings is 2. The molecule has 0 radical (unpaired) electrons. The van der Waals surface area contributed by atoms with Crippen LogP contribution in [0.5, 0.6) is 0 Å². The van der Waals surface area contributed by atoms with Gasteiger partial charge < -0.3 is 5.11 Å². The minimum atomic E-state index is -1.12. The monoisotopic (exact) mass is 274 g/mol. The molecule has 1 atom stereocenters. The fourth-order valence-electron chi connectivity index (χ4n) is 2.75. The Morgan fingerprint density at radius 1 is 0.950 bits per heavy atom. The van der Waals surface area contributed by atoms with Crippen molar-refractivity contribution in [2.24, 2.45) is 0 Å². The summed E-state index contributed by atoms with van der Waals surface area (Å²) in [6, 6.07) is 11.4. The highest BCUT2D eigenvalue weighted by Gasteiger charge is 2.26. The van der Waals surface area contributed by atoms with Gasteiger partial charge in [0.2, 0.25) is 0 Å². The molecule has 0 amide bonds. The first kappa shape index (κ1) is 13.3. The summed E-state index contributed by atoms with van der Waals surface area (Å²) < 4.78 is 27.1. The summed E-state index contributed by atoms with van der Waals surface area (Å²) in [6.07, 6.45) is 2.25. The Balaban J connectivity index is 2.02. The molecule has 3 rings (SSSR count). The number of halogens is 2. The molecule has 1 aliphatic rings. The van der Waals surface area contributed by atoms with Gasteiger partial charge in [-0.15, -0.1) is 0 Å². The molecule has 1 fully saturated rings. The van der Waals surface area contributed by atoms with E-state index in [0.717, 1.165) is 24.5 Å². The second kappa shape index (κ2) is 5.33. The van der Waals surface area contributed by atoms with Gasteiger partial charge in [0.05, 0.1) is 0 Å². The molecule has 1 unspecified atom stereocenters. The quantitative estimate of drug-likeness (QED) is 0.884. The molecule has 0 heterocycles.